The molecule has 34 heavy (non-hydrogen) atoms. The first kappa shape index (κ1) is 27.0. The minimum Gasteiger partial charge on any atom is -0.495 e. The number of nitrogens with one attached hydrogen (secondary N) is 3. The topological polar surface area (TPSA) is 84.0 Å². The summed E-state index contributed by atoms with van der Waals surface area (Å²) in [5.41, 5.74) is 3.76. The van der Waals surface area contributed by atoms with Gasteiger partial charge in [0, 0.05) is 32.6 Å². The van der Waals surface area contributed by atoms with Crippen LogP contribution >= 0.6 is 24.0 Å². The van der Waals surface area contributed by atoms with Gasteiger partial charge in [0.25, 0.3) is 0 Å². The molecule has 0 aromatic heterocycles. The Hall–Kier alpha value is -3.27. The molecule has 0 aliphatic carbocycles. The zero-order chi connectivity index (χ0) is 23.6. The van der Waals surface area contributed by atoms with Crippen LogP contribution in [0.3, 0.4) is 0 Å². The van der Waals surface area contributed by atoms with E-state index in [0.717, 1.165) is 28.2 Å². The van der Waals surface area contributed by atoms with Crippen LogP contribution in [-0.4, -0.2) is 26.0 Å². The molecule has 3 rings (SSSR count). The van der Waals surface area contributed by atoms with Gasteiger partial charge in [-0.15, -0.1) is 24.0 Å². The van der Waals surface area contributed by atoms with Crippen LogP contribution in [0.2, 0.25) is 0 Å². The number of benzene rings is 3. The fourth-order valence-electron chi connectivity index (χ4n) is 3.26. The van der Waals surface area contributed by atoms with Crippen molar-refractivity contribution >= 4 is 41.5 Å². The molecule has 0 aliphatic rings. The first-order valence-electron chi connectivity index (χ1n) is 10.7. The van der Waals surface area contributed by atoms with Crippen LogP contribution in [0.1, 0.15) is 23.6 Å². The van der Waals surface area contributed by atoms with Gasteiger partial charge in [0.1, 0.15) is 17.2 Å². The molecule has 0 spiro atoms. The van der Waals surface area contributed by atoms with Crippen molar-refractivity contribution in [1.29, 1.82) is 0 Å². The Labute approximate surface area is 218 Å². The molecule has 180 valence electrons. The van der Waals surface area contributed by atoms with E-state index in [0.29, 0.717) is 30.5 Å². The third-order valence-electron chi connectivity index (χ3n) is 4.90. The molecule has 0 unspecified atom stereocenters. The summed E-state index contributed by atoms with van der Waals surface area (Å²) in [4.78, 5) is 15.8. The molecule has 0 heterocycles. The maximum Gasteiger partial charge on any atom is 0.221 e. The van der Waals surface area contributed by atoms with Crippen molar-refractivity contribution in [2.24, 2.45) is 4.99 Å². The van der Waals surface area contributed by atoms with E-state index in [1.54, 1.807) is 14.2 Å². The number of halogens is 1. The Balaban J connectivity index is 0.00000408. The summed E-state index contributed by atoms with van der Waals surface area (Å²) < 4.78 is 11.4. The zero-order valence-corrected chi connectivity index (χ0v) is 22.2. The zero-order valence-electron chi connectivity index (χ0n) is 19.8. The third kappa shape index (κ3) is 7.95. The summed E-state index contributed by atoms with van der Waals surface area (Å²) in [6.07, 6.45) is 0. The maximum absolute atomic E-state index is 11.5. The van der Waals surface area contributed by atoms with Crippen LogP contribution in [0.15, 0.2) is 71.7 Å². The van der Waals surface area contributed by atoms with E-state index in [9.17, 15) is 4.79 Å². The quantitative estimate of drug-likeness (QED) is 0.195. The van der Waals surface area contributed by atoms with Gasteiger partial charge in [-0.3, -0.25) is 9.79 Å². The molecule has 7 nitrogen and oxygen atoms in total. The maximum atomic E-state index is 11.5. The molecule has 0 saturated heterocycles. The monoisotopic (exact) mass is 574 g/mol. The number of aliphatic imine (C=N–C) groups is 1. The van der Waals surface area contributed by atoms with Crippen LogP contribution in [0.5, 0.6) is 17.2 Å². The van der Waals surface area contributed by atoms with Crippen molar-refractivity contribution in [3.8, 4) is 17.2 Å². The number of aryl methyl sites for hydroxylation is 1. The molecule has 0 aliphatic heterocycles. The van der Waals surface area contributed by atoms with Gasteiger partial charge in [-0.25, -0.2) is 0 Å². The Morgan fingerprint density at radius 1 is 0.941 bits per heavy atom. The van der Waals surface area contributed by atoms with Gasteiger partial charge in [-0.2, -0.15) is 0 Å². The average molecular weight is 574 g/mol. The van der Waals surface area contributed by atoms with E-state index in [-0.39, 0.29) is 29.9 Å². The first-order valence-corrected chi connectivity index (χ1v) is 10.7. The summed E-state index contributed by atoms with van der Waals surface area (Å²) in [6, 6.07) is 21.5. The van der Waals surface area contributed by atoms with Crippen molar-refractivity contribution in [2.75, 3.05) is 19.5 Å². The highest BCUT2D eigenvalue weighted by atomic mass is 127. The number of carbonyl (C=O) groups excluding carboxylic acids is 1. The molecule has 3 aromatic rings. The summed E-state index contributed by atoms with van der Waals surface area (Å²) in [5.74, 6) is 2.71. The minimum absolute atomic E-state index is 0. The van der Waals surface area contributed by atoms with E-state index in [1.165, 1.54) is 6.92 Å². The molecular formula is C26H31IN4O3. The largest absolute Gasteiger partial charge is 0.495 e. The second-order valence-corrected chi connectivity index (χ2v) is 7.52. The number of carbonyl (C=O) groups is 1. The molecule has 0 fully saturated rings. The predicted octanol–water partition coefficient (Wildman–Crippen LogP) is 5.24. The molecule has 0 bridgehead atoms. The Bertz CT molecular complexity index is 1120. The van der Waals surface area contributed by atoms with Gasteiger partial charge < -0.3 is 25.4 Å². The Kier molecular flexibility index (Phi) is 10.7. The van der Waals surface area contributed by atoms with Crippen LogP contribution in [0.25, 0.3) is 0 Å². The highest BCUT2D eigenvalue weighted by Crippen LogP contribution is 2.27. The fourth-order valence-corrected chi connectivity index (χ4v) is 3.26. The molecule has 0 atom stereocenters. The molecule has 3 aromatic carbocycles. The molecule has 3 N–H and O–H groups in total. The number of hydrogen-bond acceptors (Lipinski definition) is 4. The number of amides is 1. The highest BCUT2D eigenvalue weighted by Gasteiger charge is 2.09. The van der Waals surface area contributed by atoms with Gasteiger partial charge in [0.15, 0.2) is 5.96 Å². The lowest BCUT2D eigenvalue weighted by Crippen LogP contribution is -2.36. The number of rotatable bonds is 8. The molecule has 0 radical (unpaired) electrons. The van der Waals surface area contributed by atoms with E-state index in [4.69, 9.17) is 9.47 Å². The second kappa shape index (κ2) is 13.4. The smallest absolute Gasteiger partial charge is 0.221 e. The van der Waals surface area contributed by atoms with Gasteiger partial charge in [-0.05, 0) is 48.4 Å². The van der Waals surface area contributed by atoms with Gasteiger partial charge in [0.05, 0.1) is 12.8 Å². The van der Waals surface area contributed by atoms with Crippen molar-refractivity contribution in [3.63, 3.8) is 0 Å². The number of ether oxygens (including phenoxy) is 2. The Morgan fingerprint density at radius 3 is 2.35 bits per heavy atom. The SMILES string of the molecule is CN=C(NCc1ccc(OC)c(NC(C)=O)c1)NCc1ccc(C)cc1Oc1ccccc1.I. The lowest BCUT2D eigenvalue weighted by Gasteiger charge is -2.16. The van der Waals surface area contributed by atoms with E-state index < -0.39 is 0 Å². The average Bonchev–Trinajstić information content (AvgIpc) is 2.81. The molecular weight excluding hydrogens is 543 g/mol. The van der Waals surface area contributed by atoms with Crippen LogP contribution < -0.4 is 25.4 Å². The van der Waals surface area contributed by atoms with E-state index in [1.807, 2.05) is 61.5 Å². The standard InChI is InChI=1S/C26H30N4O3.HI/c1-18-10-12-21(25(14-18)33-22-8-6-5-7-9-22)17-29-26(27-3)28-16-20-11-13-24(32-4)23(15-20)30-19(2)31;/h5-15H,16-17H2,1-4H3,(H,30,31)(H2,27,28,29);1H. The lowest BCUT2D eigenvalue weighted by atomic mass is 10.1. The number of methoxy groups -OCH3 is 1. The minimum atomic E-state index is -0.150. The number of guanidine groups is 1. The molecule has 1 amide bonds. The van der Waals surface area contributed by atoms with Gasteiger partial charge in [-0.1, -0.05) is 36.4 Å². The van der Waals surface area contributed by atoms with Crippen LogP contribution in [0.4, 0.5) is 5.69 Å². The Morgan fingerprint density at radius 2 is 1.68 bits per heavy atom. The van der Waals surface area contributed by atoms with Crippen LogP contribution in [0, 0.1) is 6.92 Å². The second-order valence-electron chi connectivity index (χ2n) is 7.52. The lowest BCUT2D eigenvalue weighted by molar-refractivity contribution is -0.114. The molecule has 8 heteroatoms. The van der Waals surface area contributed by atoms with Gasteiger partial charge in [0.2, 0.25) is 5.91 Å². The van der Waals surface area contributed by atoms with Gasteiger partial charge >= 0.3 is 0 Å². The number of hydrogen-bond donors (Lipinski definition) is 3. The predicted molar refractivity (Wildman–Crippen MR) is 147 cm³/mol. The normalized spacial score (nSPS) is 10.6. The summed E-state index contributed by atoms with van der Waals surface area (Å²) in [6.45, 7) is 4.58. The van der Waals surface area contributed by atoms with Crippen molar-refractivity contribution in [2.45, 2.75) is 26.9 Å². The van der Waals surface area contributed by atoms with Crippen molar-refractivity contribution < 1.29 is 14.3 Å². The van der Waals surface area contributed by atoms with E-state index in [2.05, 4.69) is 33.1 Å². The summed E-state index contributed by atoms with van der Waals surface area (Å²) >= 11 is 0. The number of anilines is 1. The fraction of sp³-hybridized carbons (Fsp3) is 0.231. The van der Waals surface area contributed by atoms with Crippen molar-refractivity contribution in [3.05, 3.63) is 83.4 Å². The summed E-state index contributed by atoms with van der Waals surface area (Å²) in [7, 11) is 3.30. The van der Waals surface area contributed by atoms with Crippen LogP contribution in [-0.2, 0) is 17.9 Å². The first-order chi connectivity index (χ1) is 16.0. The summed E-state index contributed by atoms with van der Waals surface area (Å²) in [5, 5.41) is 9.43. The molecule has 0 saturated carbocycles. The van der Waals surface area contributed by atoms with Crippen molar-refractivity contribution in [1.82, 2.24) is 10.6 Å². The third-order valence-corrected chi connectivity index (χ3v) is 4.90. The van der Waals surface area contributed by atoms with E-state index >= 15 is 0 Å². The number of para-hydroxylation sites is 1. The number of nitrogens with zero attached hydrogens (tertiary/aromatic N) is 1. The highest BCUT2D eigenvalue weighted by molar-refractivity contribution is 14.0.